The fourth-order valence-electron chi connectivity index (χ4n) is 2.02. The maximum Gasteiger partial charge on any atom is 0.161 e. The molecule has 0 amide bonds. The van der Waals surface area contributed by atoms with Crippen LogP contribution in [0.2, 0.25) is 10.2 Å². The van der Waals surface area contributed by atoms with E-state index in [1.807, 2.05) is 24.3 Å². The van der Waals surface area contributed by atoms with Gasteiger partial charge in [0.15, 0.2) is 5.82 Å². The predicted octanol–water partition coefficient (Wildman–Crippen LogP) is 5.37. The Morgan fingerprint density at radius 3 is 2.62 bits per heavy atom. The lowest BCUT2D eigenvalue weighted by atomic mass is 10.2. The normalized spacial score (nSPS) is 10.9. The van der Waals surface area contributed by atoms with Crippen LogP contribution in [0, 0.1) is 0 Å². The average Bonchev–Trinajstić information content (AvgIpc) is 2.46. The molecule has 1 aromatic heterocycles. The first-order valence-corrected chi connectivity index (χ1v) is 7.60. The van der Waals surface area contributed by atoms with E-state index >= 15 is 0 Å². The molecule has 21 heavy (non-hydrogen) atoms. The Hall–Kier alpha value is -1.36. The van der Waals surface area contributed by atoms with E-state index in [0.717, 1.165) is 15.4 Å². The van der Waals surface area contributed by atoms with E-state index in [1.54, 1.807) is 19.2 Å². The topological polar surface area (TPSA) is 35.0 Å². The van der Waals surface area contributed by atoms with Crippen LogP contribution in [0.15, 0.2) is 40.9 Å². The summed E-state index contributed by atoms with van der Waals surface area (Å²) in [5, 5.41) is 1.76. The lowest BCUT2D eigenvalue weighted by molar-refractivity contribution is 0.415. The van der Waals surface area contributed by atoms with Gasteiger partial charge >= 0.3 is 0 Å². The van der Waals surface area contributed by atoms with Gasteiger partial charge in [0.1, 0.15) is 10.9 Å². The first-order valence-electron chi connectivity index (χ1n) is 6.05. The monoisotopic (exact) mass is 382 g/mol. The van der Waals surface area contributed by atoms with Crippen molar-refractivity contribution >= 4 is 50.0 Å². The molecular formula is C15H9BrCl2N2O. The number of rotatable bonds is 2. The molecule has 0 aliphatic rings. The smallest absolute Gasteiger partial charge is 0.161 e. The Balaban J connectivity index is 2.27. The van der Waals surface area contributed by atoms with Gasteiger partial charge in [-0.1, -0.05) is 35.3 Å². The molecule has 0 saturated heterocycles. The van der Waals surface area contributed by atoms with Gasteiger partial charge in [0, 0.05) is 21.1 Å². The van der Waals surface area contributed by atoms with Crippen molar-refractivity contribution in [2.24, 2.45) is 0 Å². The first kappa shape index (κ1) is 14.6. The number of methoxy groups -OCH3 is 1. The lowest BCUT2D eigenvalue weighted by Gasteiger charge is -2.08. The zero-order valence-electron chi connectivity index (χ0n) is 10.9. The quantitative estimate of drug-likeness (QED) is 0.557. The Morgan fingerprint density at radius 1 is 1.10 bits per heavy atom. The summed E-state index contributed by atoms with van der Waals surface area (Å²) in [5.74, 6) is 1.22. The molecule has 3 nitrogen and oxygen atoms in total. The van der Waals surface area contributed by atoms with Crippen molar-refractivity contribution in [3.05, 3.63) is 51.0 Å². The fourth-order valence-corrected chi connectivity index (χ4v) is 3.22. The molecule has 0 aliphatic carbocycles. The minimum atomic E-state index is 0.379. The van der Waals surface area contributed by atoms with Crippen molar-refractivity contribution in [2.45, 2.75) is 0 Å². The van der Waals surface area contributed by atoms with E-state index in [-0.39, 0.29) is 0 Å². The first-order chi connectivity index (χ1) is 10.1. The highest BCUT2D eigenvalue weighted by molar-refractivity contribution is 9.10. The minimum Gasteiger partial charge on any atom is -0.497 e. The molecule has 0 bridgehead atoms. The number of fused-ring (bicyclic) bond motifs is 1. The number of nitrogens with zero attached hydrogens (tertiary/aromatic N) is 2. The molecule has 0 spiro atoms. The van der Waals surface area contributed by atoms with Crippen LogP contribution < -0.4 is 4.74 Å². The van der Waals surface area contributed by atoms with Crippen molar-refractivity contribution in [2.75, 3.05) is 7.11 Å². The molecule has 1 heterocycles. The SMILES string of the molecule is COc1cc(Br)c2c(Cl)nc(-c3cccc(Cl)c3)nc2c1. The second-order valence-electron chi connectivity index (χ2n) is 4.35. The highest BCUT2D eigenvalue weighted by Gasteiger charge is 2.12. The van der Waals surface area contributed by atoms with Crippen molar-refractivity contribution in [1.82, 2.24) is 9.97 Å². The van der Waals surface area contributed by atoms with Gasteiger partial charge in [0.25, 0.3) is 0 Å². The van der Waals surface area contributed by atoms with E-state index in [0.29, 0.717) is 27.3 Å². The molecule has 0 aliphatic heterocycles. The van der Waals surface area contributed by atoms with E-state index in [9.17, 15) is 0 Å². The van der Waals surface area contributed by atoms with E-state index in [2.05, 4.69) is 25.9 Å². The molecule has 0 unspecified atom stereocenters. The molecule has 106 valence electrons. The summed E-state index contributed by atoms with van der Waals surface area (Å²) >= 11 is 15.8. The summed E-state index contributed by atoms with van der Waals surface area (Å²) in [6.45, 7) is 0. The van der Waals surface area contributed by atoms with Gasteiger partial charge in [-0.2, -0.15) is 0 Å². The number of halogens is 3. The Kier molecular flexibility index (Phi) is 4.02. The van der Waals surface area contributed by atoms with Crippen LogP contribution in [0.25, 0.3) is 22.3 Å². The molecule has 3 aromatic rings. The standard InChI is InChI=1S/C15H9BrCl2N2O/c1-21-10-6-11(16)13-12(7-10)19-15(20-14(13)18)8-3-2-4-9(17)5-8/h2-7H,1H3. The van der Waals surface area contributed by atoms with Crippen LogP contribution in [-0.4, -0.2) is 17.1 Å². The summed E-state index contributed by atoms with van der Waals surface area (Å²) in [6, 6.07) is 11.0. The maximum atomic E-state index is 6.30. The van der Waals surface area contributed by atoms with Gasteiger partial charge in [-0.3, -0.25) is 0 Å². The number of ether oxygens (including phenoxy) is 1. The van der Waals surface area contributed by atoms with Gasteiger partial charge in [0.2, 0.25) is 0 Å². The van der Waals surface area contributed by atoms with Gasteiger partial charge in [-0.15, -0.1) is 0 Å². The summed E-state index contributed by atoms with van der Waals surface area (Å²) in [6.07, 6.45) is 0. The van der Waals surface area contributed by atoms with Crippen molar-refractivity contribution in [3.8, 4) is 17.1 Å². The maximum absolute atomic E-state index is 6.30. The van der Waals surface area contributed by atoms with Gasteiger partial charge in [-0.05, 0) is 34.1 Å². The Bertz CT molecular complexity index is 839. The summed E-state index contributed by atoms with van der Waals surface area (Å²) < 4.78 is 6.04. The number of aromatic nitrogens is 2. The number of benzene rings is 2. The summed E-state index contributed by atoms with van der Waals surface area (Å²) in [5.41, 5.74) is 1.52. The molecular weight excluding hydrogens is 375 g/mol. The predicted molar refractivity (Wildman–Crippen MR) is 89.2 cm³/mol. The van der Waals surface area contributed by atoms with Crippen molar-refractivity contribution < 1.29 is 4.74 Å². The zero-order chi connectivity index (χ0) is 15.0. The van der Waals surface area contributed by atoms with E-state index in [4.69, 9.17) is 27.9 Å². The van der Waals surface area contributed by atoms with Crippen molar-refractivity contribution in [3.63, 3.8) is 0 Å². The molecule has 0 radical (unpaired) electrons. The number of hydrogen-bond acceptors (Lipinski definition) is 3. The molecule has 0 fully saturated rings. The molecule has 0 N–H and O–H groups in total. The third-order valence-electron chi connectivity index (χ3n) is 3.00. The summed E-state index contributed by atoms with van der Waals surface area (Å²) in [7, 11) is 1.61. The molecule has 3 rings (SSSR count). The van der Waals surface area contributed by atoms with Crippen LogP contribution in [-0.2, 0) is 0 Å². The Labute approximate surface area is 140 Å². The minimum absolute atomic E-state index is 0.379. The lowest BCUT2D eigenvalue weighted by Crippen LogP contribution is -1.94. The third kappa shape index (κ3) is 2.84. The van der Waals surface area contributed by atoms with Crippen LogP contribution in [0.4, 0.5) is 0 Å². The van der Waals surface area contributed by atoms with Crippen LogP contribution in [0.1, 0.15) is 0 Å². The summed E-state index contributed by atoms with van der Waals surface area (Å²) in [4.78, 5) is 8.91. The van der Waals surface area contributed by atoms with E-state index < -0.39 is 0 Å². The van der Waals surface area contributed by atoms with Gasteiger partial charge < -0.3 is 4.74 Å². The fraction of sp³-hybridized carbons (Fsp3) is 0.0667. The van der Waals surface area contributed by atoms with Crippen molar-refractivity contribution in [1.29, 1.82) is 0 Å². The zero-order valence-corrected chi connectivity index (χ0v) is 14.0. The second-order valence-corrected chi connectivity index (χ2v) is 6.00. The number of hydrogen-bond donors (Lipinski definition) is 0. The van der Waals surface area contributed by atoms with Gasteiger partial charge in [-0.25, -0.2) is 9.97 Å². The van der Waals surface area contributed by atoms with Crippen LogP contribution in [0.5, 0.6) is 5.75 Å². The molecule has 0 atom stereocenters. The highest BCUT2D eigenvalue weighted by atomic mass is 79.9. The Morgan fingerprint density at radius 2 is 1.90 bits per heavy atom. The largest absolute Gasteiger partial charge is 0.497 e. The van der Waals surface area contributed by atoms with Crippen LogP contribution in [0.3, 0.4) is 0 Å². The molecule has 6 heteroatoms. The average molecular weight is 384 g/mol. The molecule has 0 saturated carbocycles. The second kappa shape index (κ2) is 5.79. The highest BCUT2D eigenvalue weighted by Crippen LogP contribution is 2.34. The van der Waals surface area contributed by atoms with E-state index in [1.165, 1.54) is 0 Å². The molecule has 2 aromatic carbocycles. The van der Waals surface area contributed by atoms with Crippen LogP contribution >= 0.6 is 39.1 Å². The van der Waals surface area contributed by atoms with Gasteiger partial charge in [0.05, 0.1) is 18.0 Å². The third-order valence-corrected chi connectivity index (χ3v) is 4.13.